The third-order valence-corrected chi connectivity index (χ3v) is 7.02. The van der Waals surface area contributed by atoms with Crippen LogP contribution in [-0.4, -0.2) is 46.2 Å². The number of aryl methyl sites for hydroxylation is 1. The molecule has 3 heterocycles. The Hall–Kier alpha value is -1.73. The summed E-state index contributed by atoms with van der Waals surface area (Å²) >= 11 is 1.59. The Bertz CT molecular complexity index is 802. The highest BCUT2D eigenvalue weighted by molar-refractivity contribution is 7.13. The van der Waals surface area contributed by atoms with Crippen LogP contribution in [0, 0.1) is 11.3 Å². The molecule has 1 aliphatic heterocycles. The van der Waals surface area contributed by atoms with E-state index < -0.39 is 0 Å². The molecule has 0 radical (unpaired) electrons. The van der Waals surface area contributed by atoms with Gasteiger partial charge in [-0.15, -0.1) is 11.3 Å². The van der Waals surface area contributed by atoms with Crippen LogP contribution in [-0.2, 0) is 16.0 Å². The second kappa shape index (κ2) is 7.95. The van der Waals surface area contributed by atoms with Gasteiger partial charge in [0.05, 0.1) is 11.0 Å². The standard InChI is InChI=1S/C21H29N3O3S/c1-4-11-24(18-14-10-12-26-19(14)21(18,2)3)17(25)9-5-8-16-22-20(23-27-16)15-7-6-13-28-15/h6-7,13-14,18-19H,4-5,8-12H2,1-3H3/t14-,18-,19-/m1/s1. The van der Waals surface area contributed by atoms with Gasteiger partial charge in [0.2, 0.25) is 17.6 Å². The number of amides is 1. The van der Waals surface area contributed by atoms with E-state index in [-0.39, 0.29) is 11.3 Å². The molecule has 6 nitrogen and oxygen atoms in total. The largest absolute Gasteiger partial charge is 0.377 e. The van der Waals surface area contributed by atoms with Crippen LogP contribution in [0.1, 0.15) is 52.3 Å². The van der Waals surface area contributed by atoms with Gasteiger partial charge >= 0.3 is 0 Å². The minimum Gasteiger partial charge on any atom is -0.377 e. The van der Waals surface area contributed by atoms with Crippen LogP contribution in [0.5, 0.6) is 0 Å². The van der Waals surface area contributed by atoms with Gasteiger partial charge in [0.15, 0.2) is 0 Å². The Morgan fingerprint density at radius 1 is 1.43 bits per heavy atom. The van der Waals surface area contributed by atoms with E-state index in [4.69, 9.17) is 9.26 Å². The smallest absolute Gasteiger partial charge is 0.226 e. The van der Waals surface area contributed by atoms with E-state index >= 15 is 0 Å². The number of ether oxygens (including phenoxy) is 1. The first-order chi connectivity index (χ1) is 13.5. The summed E-state index contributed by atoms with van der Waals surface area (Å²) in [4.78, 5) is 20.6. The maximum Gasteiger partial charge on any atom is 0.226 e. The van der Waals surface area contributed by atoms with Crippen molar-refractivity contribution < 1.29 is 14.1 Å². The molecular formula is C21H29N3O3S. The van der Waals surface area contributed by atoms with Gasteiger partial charge in [0, 0.05) is 43.4 Å². The molecule has 1 saturated carbocycles. The first-order valence-electron chi connectivity index (χ1n) is 10.3. The third kappa shape index (κ3) is 3.50. The summed E-state index contributed by atoms with van der Waals surface area (Å²) in [5, 5.41) is 6.04. The summed E-state index contributed by atoms with van der Waals surface area (Å²) in [7, 11) is 0. The van der Waals surface area contributed by atoms with Crippen LogP contribution < -0.4 is 0 Å². The quantitative estimate of drug-likeness (QED) is 0.662. The third-order valence-electron chi connectivity index (χ3n) is 6.15. The summed E-state index contributed by atoms with van der Waals surface area (Å²) in [6.07, 6.45) is 4.22. The monoisotopic (exact) mass is 403 g/mol. The van der Waals surface area contributed by atoms with Gasteiger partial charge in [-0.3, -0.25) is 4.79 Å². The number of carbonyl (C=O) groups is 1. The molecule has 0 spiro atoms. The predicted octanol–water partition coefficient (Wildman–Crippen LogP) is 4.17. The molecule has 0 N–H and O–H groups in total. The average Bonchev–Trinajstić information content (AvgIpc) is 3.41. The molecule has 2 aromatic heterocycles. The lowest BCUT2D eigenvalue weighted by molar-refractivity contribution is -0.171. The number of hydrogen-bond acceptors (Lipinski definition) is 6. The zero-order valence-electron chi connectivity index (χ0n) is 16.9. The van der Waals surface area contributed by atoms with Crippen molar-refractivity contribution in [3.05, 3.63) is 23.4 Å². The van der Waals surface area contributed by atoms with Crippen LogP contribution in [0.4, 0.5) is 0 Å². The number of hydrogen-bond donors (Lipinski definition) is 0. The minimum atomic E-state index is 0.0358. The summed E-state index contributed by atoms with van der Waals surface area (Å²) in [5.41, 5.74) is 0.0358. The topological polar surface area (TPSA) is 68.5 Å². The minimum absolute atomic E-state index is 0.0358. The number of thiophene rings is 1. The molecule has 2 aliphatic rings. The molecule has 3 atom stereocenters. The lowest BCUT2D eigenvalue weighted by Gasteiger charge is -2.58. The maximum absolute atomic E-state index is 13.0. The highest BCUT2D eigenvalue weighted by Gasteiger charge is 2.61. The normalized spacial score (nSPS) is 25.3. The van der Waals surface area contributed by atoms with Gasteiger partial charge in [0.25, 0.3) is 0 Å². The molecule has 0 bridgehead atoms. The molecule has 28 heavy (non-hydrogen) atoms. The van der Waals surface area contributed by atoms with Crippen molar-refractivity contribution in [2.75, 3.05) is 13.2 Å². The first kappa shape index (κ1) is 19.6. The highest BCUT2D eigenvalue weighted by atomic mass is 32.1. The van der Waals surface area contributed by atoms with E-state index in [1.54, 1.807) is 11.3 Å². The predicted molar refractivity (Wildman–Crippen MR) is 108 cm³/mol. The molecule has 152 valence electrons. The summed E-state index contributed by atoms with van der Waals surface area (Å²) < 4.78 is 11.3. The van der Waals surface area contributed by atoms with E-state index in [0.717, 1.165) is 37.3 Å². The second-order valence-corrected chi connectivity index (χ2v) is 9.39. The van der Waals surface area contributed by atoms with Crippen molar-refractivity contribution in [2.24, 2.45) is 11.3 Å². The Morgan fingerprint density at radius 2 is 2.29 bits per heavy atom. The van der Waals surface area contributed by atoms with Crippen molar-refractivity contribution in [1.82, 2.24) is 15.0 Å². The number of fused-ring (bicyclic) bond motifs is 1. The maximum atomic E-state index is 13.0. The first-order valence-corrected chi connectivity index (χ1v) is 11.2. The fraction of sp³-hybridized carbons (Fsp3) is 0.667. The molecule has 1 saturated heterocycles. The Kier molecular flexibility index (Phi) is 5.56. The summed E-state index contributed by atoms with van der Waals surface area (Å²) in [6.45, 7) is 8.26. The van der Waals surface area contributed by atoms with Gasteiger partial charge in [-0.05, 0) is 30.7 Å². The number of aromatic nitrogens is 2. The molecule has 0 unspecified atom stereocenters. The van der Waals surface area contributed by atoms with E-state index in [0.29, 0.717) is 42.6 Å². The molecular weight excluding hydrogens is 374 g/mol. The zero-order valence-corrected chi connectivity index (χ0v) is 17.7. The molecule has 1 amide bonds. The Balaban J connectivity index is 1.34. The fourth-order valence-electron chi connectivity index (χ4n) is 4.99. The zero-order chi connectivity index (χ0) is 19.7. The average molecular weight is 404 g/mol. The molecule has 2 aromatic rings. The molecule has 7 heteroatoms. The van der Waals surface area contributed by atoms with Crippen molar-refractivity contribution in [1.29, 1.82) is 0 Å². The van der Waals surface area contributed by atoms with Crippen LogP contribution in [0.15, 0.2) is 22.0 Å². The van der Waals surface area contributed by atoms with Crippen molar-refractivity contribution in [3.63, 3.8) is 0 Å². The number of rotatable bonds is 8. The van der Waals surface area contributed by atoms with E-state index in [1.165, 1.54) is 0 Å². The highest BCUT2D eigenvalue weighted by Crippen LogP contribution is 2.54. The fourth-order valence-corrected chi connectivity index (χ4v) is 5.64. The Morgan fingerprint density at radius 3 is 3.04 bits per heavy atom. The Labute approximate surface area is 170 Å². The summed E-state index contributed by atoms with van der Waals surface area (Å²) in [6, 6.07) is 4.24. The lowest BCUT2D eigenvalue weighted by Crippen LogP contribution is -2.67. The van der Waals surface area contributed by atoms with E-state index in [1.807, 2.05) is 17.5 Å². The van der Waals surface area contributed by atoms with Crippen LogP contribution in [0.2, 0.25) is 0 Å². The van der Waals surface area contributed by atoms with Crippen molar-refractivity contribution >= 4 is 17.2 Å². The van der Waals surface area contributed by atoms with Crippen LogP contribution >= 0.6 is 11.3 Å². The van der Waals surface area contributed by atoms with Crippen LogP contribution in [0.3, 0.4) is 0 Å². The van der Waals surface area contributed by atoms with E-state index in [2.05, 4.69) is 35.8 Å². The van der Waals surface area contributed by atoms with Gasteiger partial charge in [-0.1, -0.05) is 32.0 Å². The lowest BCUT2D eigenvalue weighted by atomic mass is 9.56. The van der Waals surface area contributed by atoms with Gasteiger partial charge in [-0.2, -0.15) is 4.98 Å². The molecule has 2 fully saturated rings. The van der Waals surface area contributed by atoms with Gasteiger partial charge in [0.1, 0.15) is 0 Å². The number of carbonyl (C=O) groups excluding carboxylic acids is 1. The second-order valence-electron chi connectivity index (χ2n) is 8.44. The molecule has 0 aromatic carbocycles. The summed E-state index contributed by atoms with van der Waals surface area (Å²) in [5.74, 6) is 1.97. The SMILES string of the molecule is CCCN(C(=O)CCCc1nc(-c2cccs2)no1)[C@@H]1[C@H]2CCO[C@H]2C1(C)C. The van der Waals surface area contributed by atoms with Crippen LogP contribution in [0.25, 0.3) is 10.7 Å². The van der Waals surface area contributed by atoms with Gasteiger partial charge < -0.3 is 14.2 Å². The molecule has 4 rings (SSSR count). The van der Waals surface area contributed by atoms with Crippen molar-refractivity contribution in [3.8, 4) is 10.7 Å². The van der Waals surface area contributed by atoms with Crippen molar-refractivity contribution in [2.45, 2.75) is 65.0 Å². The molecule has 1 aliphatic carbocycles. The van der Waals surface area contributed by atoms with E-state index in [9.17, 15) is 4.79 Å². The van der Waals surface area contributed by atoms with Gasteiger partial charge in [-0.25, -0.2) is 0 Å². The number of nitrogens with zero attached hydrogens (tertiary/aromatic N) is 3.